The second-order valence-corrected chi connectivity index (χ2v) is 6.70. The molecule has 0 aromatic carbocycles. The molecule has 2 aromatic heterocycles. The summed E-state index contributed by atoms with van der Waals surface area (Å²) in [5.41, 5.74) is 0.640. The Balaban J connectivity index is 1.72. The monoisotopic (exact) mass is 414 g/mol. The van der Waals surface area contributed by atoms with Crippen molar-refractivity contribution in [1.29, 1.82) is 0 Å². The van der Waals surface area contributed by atoms with E-state index in [9.17, 15) is 18.0 Å². The van der Waals surface area contributed by atoms with Gasteiger partial charge in [0.25, 0.3) is 5.91 Å². The molecular weight excluding hydrogens is 397 g/mol. The minimum Gasteiger partial charge on any atom is -0.467 e. The van der Waals surface area contributed by atoms with Crippen LogP contribution in [0.2, 0.25) is 5.02 Å². The minimum absolute atomic E-state index is 0.0952. The largest absolute Gasteiger partial charge is 0.467 e. The zero-order chi connectivity index (χ0) is 20.1. The standard InChI is InChI=1S/C18H18ClF3N4O2/c19-13-9-12(10-24-17(13)28-11-18(20,21)22)16(27)25-14-5-4-6-23-15(14)26-7-2-1-3-8-26/h4-6,9-10H,1-3,7-8,11H2,(H,25,27). The van der Waals surface area contributed by atoms with Gasteiger partial charge < -0.3 is 15.0 Å². The molecule has 1 aliphatic heterocycles. The molecular formula is C18H18ClF3N4O2. The predicted octanol–water partition coefficient (Wildman–Crippen LogP) is 4.31. The first-order valence-electron chi connectivity index (χ1n) is 8.70. The lowest BCUT2D eigenvalue weighted by Gasteiger charge is -2.29. The maximum atomic E-state index is 12.6. The molecule has 6 nitrogen and oxygen atoms in total. The van der Waals surface area contributed by atoms with Gasteiger partial charge in [0.1, 0.15) is 5.02 Å². The Labute approximate surface area is 164 Å². The third kappa shape index (κ3) is 5.25. The van der Waals surface area contributed by atoms with E-state index in [2.05, 4.69) is 24.9 Å². The van der Waals surface area contributed by atoms with Gasteiger partial charge in [-0.25, -0.2) is 9.97 Å². The van der Waals surface area contributed by atoms with Gasteiger partial charge >= 0.3 is 6.18 Å². The average molecular weight is 415 g/mol. The highest BCUT2D eigenvalue weighted by atomic mass is 35.5. The number of anilines is 2. The number of rotatable bonds is 5. The van der Waals surface area contributed by atoms with E-state index in [1.165, 1.54) is 6.07 Å². The highest BCUT2D eigenvalue weighted by molar-refractivity contribution is 6.32. The van der Waals surface area contributed by atoms with E-state index >= 15 is 0 Å². The van der Waals surface area contributed by atoms with Crippen LogP contribution >= 0.6 is 11.6 Å². The van der Waals surface area contributed by atoms with Crippen LogP contribution in [0.5, 0.6) is 5.88 Å². The Hall–Kier alpha value is -2.55. The fraction of sp³-hybridized carbons (Fsp3) is 0.389. The van der Waals surface area contributed by atoms with E-state index in [1.807, 2.05) is 0 Å². The molecule has 0 spiro atoms. The van der Waals surface area contributed by atoms with Crippen molar-refractivity contribution in [2.45, 2.75) is 25.4 Å². The van der Waals surface area contributed by atoms with E-state index in [1.54, 1.807) is 18.3 Å². The van der Waals surface area contributed by atoms with Gasteiger partial charge in [-0.05, 0) is 37.5 Å². The predicted molar refractivity (Wildman–Crippen MR) is 99.1 cm³/mol. The summed E-state index contributed by atoms with van der Waals surface area (Å²) >= 11 is 5.90. The molecule has 10 heteroatoms. The van der Waals surface area contributed by atoms with Crippen LogP contribution in [0.1, 0.15) is 29.6 Å². The van der Waals surface area contributed by atoms with Crippen molar-refractivity contribution in [1.82, 2.24) is 9.97 Å². The van der Waals surface area contributed by atoms with Crippen LogP contribution in [0, 0.1) is 0 Å². The van der Waals surface area contributed by atoms with Crippen molar-refractivity contribution in [2.24, 2.45) is 0 Å². The highest BCUT2D eigenvalue weighted by Gasteiger charge is 2.29. The first-order valence-corrected chi connectivity index (χ1v) is 9.08. The zero-order valence-electron chi connectivity index (χ0n) is 14.8. The lowest BCUT2D eigenvalue weighted by molar-refractivity contribution is -0.154. The van der Waals surface area contributed by atoms with Crippen LogP contribution in [-0.2, 0) is 0 Å². The molecule has 1 amide bonds. The van der Waals surface area contributed by atoms with E-state index in [0.29, 0.717) is 11.5 Å². The van der Waals surface area contributed by atoms with E-state index in [4.69, 9.17) is 11.6 Å². The number of amides is 1. The number of aromatic nitrogens is 2. The Morgan fingerprint density at radius 2 is 2.00 bits per heavy atom. The lowest BCUT2D eigenvalue weighted by atomic mass is 10.1. The summed E-state index contributed by atoms with van der Waals surface area (Å²) in [5, 5.41) is 2.58. The van der Waals surface area contributed by atoms with Gasteiger partial charge in [-0.1, -0.05) is 11.6 Å². The average Bonchev–Trinajstić information content (AvgIpc) is 2.67. The number of hydrogen-bond acceptors (Lipinski definition) is 5. The topological polar surface area (TPSA) is 67.4 Å². The molecule has 28 heavy (non-hydrogen) atoms. The molecule has 0 unspecified atom stereocenters. The van der Waals surface area contributed by atoms with Crippen LogP contribution in [0.15, 0.2) is 30.6 Å². The second kappa shape index (κ2) is 8.64. The Bertz CT molecular complexity index is 842. The molecule has 0 bridgehead atoms. The van der Waals surface area contributed by atoms with Crippen LogP contribution < -0.4 is 15.0 Å². The summed E-state index contributed by atoms with van der Waals surface area (Å²) in [4.78, 5) is 22.7. The number of hydrogen-bond donors (Lipinski definition) is 1. The van der Waals surface area contributed by atoms with Gasteiger partial charge in [-0.15, -0.1) is 0 Å². The van der Waals surface area contributed by atoms with Crippen molar-refractivity contribution in [2.75, 3.05) is 29.9 Å². The molecule has 1 fully saturated rings. The normalized spacial score (nSPS) is 14.6. The molecule has 150 valence electrons. The van der Waals surface area contributed by atoms with E-state index < -0.39 is 18.7 Å². The van der Waals surface area contributed by atoms with Gasteiger partial charge in [0, 0.05) is 25.5 Å². The number of nitrogens with one attached hydrogen (secondary N) is 1. The molecule has 2 aromatic rings. The number of ether oxygens (including phenoxy) is 1. The highest BCUT2D eigenvalue weighted by Crippen LogP contribution is 2.28. The Morgan fingerprint density at radius 3 is 2.68 bits per heavy atom. The van der Waals surface area contributed by atoms with Gasteiger partial charge in [-0.3, -0.25) is 4.79 Å². The Kier molecular flexibility index (Phi) is 6.23. The molecule has 1 saturated heterocycles. The van der Waals surface area contributed by atoms with Crippen LogP contribution in [0.25, 0.3) is 0 Å². The quantitative estimate of drug-likeness (QED) is 0.789. The summed E-state index contributed by atoms with van der Waals surface area (Å²) in [6.45, 7) is 0.206. The van der Waals surface area contributed by atoms with Crippen molar-refractivity contribution in [3.63, 3.8) is 0 Å². The second-order valence-electron chi connectivity index (χ2n) is 6.29. The van der Waals surface area contributed by atoms with Crippen molar-refractivity contribution in [3.8, 4) is 5.88 Å². The third-order valence-electron chi connectivity index (χ3n) is 4.13. The van der Waals surface area contributed by atoms with Crippen molar-refractivity contribution < 1.29 is 22.7 Å². The lowest BCUT2D eigenvalue weighted by Crippen LogP contribution is -2.31. The summed E-state index contributed by atoms with van der Waals surface area (Å²) in [5.74, 6) is -0.200. The number of carbonyl (C=O) groups is 1. The third-order valence-corrected chi connectivity index (χ3v) is 4.40. The minimum atomic E-state index is -4.51. The maximum Gasteiger partial charge on any atom is 0.422 e. The smallest absolute Gasteiger partial charge is 0.422 e. The molecule has 0 radical (unpaired) electrons. The molecule has 1 N–H and O–H groups in total. The molecule has 1 aliphatic rings. The Morgan fingerprint density at radius 1 is 1.25 bits per heavy atom. The van der Waals surface area contributed by atoms with E-state index in [-0.39, 0.29) is 16.5 Å². The molecule has 0 atom stereocenters. The molecule has 0 saturated carbocycles. The molecule has 3 rings (SSSR count). The van der Waals surface area contributed by atoms with Crippen molar-refractivity contribution in [3.05, 3.63) is 41.2 Å². The summed E-state index contributed by atoms with van der Waals surface area (Å²) in [6, 6.07) is 4.67. The molecule has 3 heterocycles. The van der Waals surface area contributed by atoms with Gasteiger partial charge in [-0.2, -0.15) is 13.2 Å². The maximum absolute atomic E-state index is 12.6. The van der Waals surface area contributed by atoms with Crippen LogP contribution in [0.3, 0.4) is 0 Å². The van der Waals surface area contributed by atoms with Gasteiger partial charge in [0.2, 0.25) is 5.88 Å². The summed E-state index contributed by atoms with van der Waals surface area (Å²) in [7, 11) is 0. The summed E-state index contributed by atoms with van der Waals surface area (Å²) in [6.07, 6.45) is 1.55. The van der Waals surface area contributed by atoms with Gasteiger partial charge in [0.05, 0.1) is 11.3 Å². The number of pyridine rings is 2. The fourth-order valence-electron chi connectivity index (χ4n) is 2.85. The number of halogens is 4. The first kappa shape index (κ1) is 20.2. The number of piperidine rings is 1. The van der Waals surface area contributed by atoms with Crippen LogP contribution in [0.4, 0.5) is 24.7 Å². The summed E-state index contributed by atoms with van der Waals surface area (Å²) < 4.78 is 41.3. The number of alkyl halides is 3. The van der Waals surface area contributed by atoms with E-state index in [0.717, 1.165) is 38.5 Å². The van der Waals surface area contributed by atoms with Crippen molar-refractivity contribution >= 4 is 29.0 Å². The zero-order valence-corrected chi connectivity index (χ0v) is 15.6. The fourth-order valence-corrected chi connectivity index (χ4v) is 3.07. The van der Waals surface area contributed by atoms with Gasteiger partial charge in [0.15, 0.2) is 12.4 Å². The number of carbonyl (C=O) groups excluding carboxylic acids is 1. The van der Waals surface area contributed by atoms with Crippen LogP contribution in [-0.4, -0.2) is 41.7 Å². The SMILES string of the molecule is O=C(Nc1cccnc1N1CCCCC1)c1cnc(OCC(F)(F)F)c(Cl)c1. The number of nitrogens with zero attached hydrogens (tertiary/aromatic N) is 3. The molecule has 0 aliphatic carbocycles. The first-order chi connectivity index (χ1) is 13.3.